The summed E-state index contributed by atoms with van der Waals surface area (Å²) in [7, 11) is 0. The van der Waals surface area contributed by atoms with Crippen LogP contribution in [0.2, 0.25) is 0 Å². The maximum absolute atomic E-state index is 3.63. The molecule has 2 rings (SSSR count). The highest BCUT2D eigenvalue weighted by Crippen LogP contribution is 2.44. The smallest absolute Gasteiger partial charge is 0.0185 e. The van der Waals surface area contributed by atoms with E-state index in [0.717, 1.165) is 5.92 Å². The summed E-state index contributed by atoms with van der Waals surface area (Å²) >= 11 is 0. The van der Waals surface area contributed by atoms with Crippen molar-refractivity contribution in [3.8, 4) is 0 Å². The van der Waals surface area contributed by atoms with Gasteiger partial charge < -0.3 is 5.32 Å². The number of rotatable bonds is 1. The molecule has 1 heterocycles. The summed E-state index contributed by atoms with van der Waals surface area (Å²) in [5.74, 6) is 1.03. The Kier molecular flexibility index (Phi) is 1.48. The molecule has 1 N–H and O–H groups in total. The third-order valence-electron chi connectivity index (χ3n) is 3.16. The molecule has 1 saturated carbocycles. The van der Waals surface area contributed by atoms with Crippen molar-refractivity contribution in [1.29, 1.82) is 0 Å². The van der Waals surface area contributed by atoms with Crippen molar-refractivity contribution in [1.82, 2.24) is 5.32 Å². The third-order valence-corrected chi connectivity index (χ3v) is 3.16. The Balaban J connectivity index is 1.91. The molecule has 1 heteroatoms. The number of nitrogens with one attached hydrogen (secondary N) is 1. The van der Waals surface area contributed by atoms with E-state index in [0.29, 0.717) is 5.54 Å². The Labute approximate surface area is 63.2 Å². The molecule has 1 aliphatic heterocycles. The van der Waals surface area contributed by atoms with E-state index in [1.54, 1.807) is 0 Å². The number of hydrogen-bond donors (Lipinski definition) is 1. The second-order valence-corrected chi connectivity index (χ2v) is 3.97. The molecular weight excluding hydrogens is 122 g/mol. The van der Waals surface area contributed by atoms with Crippen LogP contribution in [0.5, 0.6) is 0 Å². The zero-order valence-electron chi connectivity index (χ0n) is 6.82. The van der Waals surface area contributed by atoms with Gasteiger partial charge >= 0.3 is 0 Å². The fourth-order valence-corrected chi connectivity index (χ4v) is 2.15. The molecule has 2 fully saturated rings. The van der Waals surface area contributed by atoms with Gasteiger partial charge in [-0.1, -0.05) is 13.3 Å². The average molecular weight is 139 g/mol. The van der Waals surface area contributed by atoms with Crippen LogP contribution in [0.1, 0.15) is 39.0 Å². The van der Waals surface area contributed by atoms with E-state index in [4.69, 9.17) is 0 Å². The van der Waals surface area contributed by atoms with Crippen LogP contribution >= 0.6 is 0 Å². The molecular formula is C9H17N. The molecule has 0 amide bonds. The highest BCUT2D eigenvalue weighted by atomic mass is 15.0. The summed E-state index contributed by atoms with van der Waals surface area (Å²) in [4.78, 5) is 0. The summed E-state index contributed by atoms with van der Waals surface area (Å²) in [6.45, 7) is 3.60. The monoisotopic (exact) mass is 139 g/mol. The van der Waals surface area contributed by atoms with Crippen LogP contribution in [-0.4, -0.2) is 12.1 Å². The average Bonchev–Trinajstić information content (AvgIpc) is 2.70. The third kappa shape index (κ3) is 1.07. The molecule has 1 saturated heterocycles. The number of piperidine rings is 1. The first kappa shape index (κ1) is 6.66. The molecule has 0 aromatic rings. The van der Waals surface area contributed by atoms with Crippen molar-refractivity contribution in [2.45, 2.75) is 44.6 Å². The molecule has 0 aromatic carbocycles. The van der Waals surface area contributed by atoms with Gasteiger partial charge in [0.15, 0.2) is 0 Å². The van der Waals surface area contributed by atoms with Crippen molar-refractivity contribution in [3.05, 3.63) is 0 Å². The van der Waals surface area contributed by atoms with E-state index < -0.39 is 0 Å². The lowest BCUT2D eigenvalue weighted by atomic mass is 9.89. The van der Waals surface area contributed by atoms with Crippen molar-refractivity contribution in [2.75, 3.05) is 6.54 Å². The first-order valence-electron chi connectivity index (χ1n) is 4.60. The lowest BCUT2D eigenvalue weighted by Crippen LogP contribution is -2.39. The van der Waals surface area contributed by atoms with Gasteiger partial charge in [-0.15, -0.1) is 0 Å². The minimum Gasteiger partial charge on any atom is -0.311 e. The van der Waals surface area contributed by atoms with Crippen LogP contribution in [0.3, 0.4) is 0 Å². The second-order valence-electron chi connectivity index (χ2n) is 3.97. The molecule has 1 aliphatic carbocycles. The van der Waals surface area contributed by atoms with Gasteiger partial charge in [-0.05, 0) is 38.1 Å². The van der Waals surface area contributed by atoms with Crippen molar-refractivity contribution in [2.24, 2.45) is 5.92 Å². The lowest BCUT2D eigenvalue weighted by molar-refractivity contribution is 0.281. The Hall–Kier alpha value is -0.0400. The first-order valence-corrected chi connectivity index (χ1v) is 4.60. The maximum atomic E-state index is 3.63. The zero-order valence-corrected chi connectivity index (χ0v) is 6.82. The Morgan fingerprint density at radius 1 is 1.50 bits per heavy atom. The highest BCUT2D eigenvalue weighted by Gasteiger charge is 2.45. The van der Waals surface area contributed by atoms with Crippen LogP contribution in [0.15, 0.2) is 0 Å². The second kappa shape index (κ2) is 2.23. The lowest BCUT2D eigenvalue weighted by Gasteiger charge is -2.29. The minimum absolute atomic E-state index is 0.652. The summed E-state index contributed by atoms with van der Waals surface area (Å²) in [5.41, 5.74) is 0.652. The largest absolute Gasteiger partial charge is 0.311 e. The molecule has 0 radical (unpaired) electrons. The van der Waals surface area contributed by atoms with Crippen molar-refractivity contribution < 1.29 is 0 Å². The van der Waals surface area contributed by atoms with E-state index in [9.17, 15) is 0 Å². The van der Waals surface area contributed by atoms with Gasteiger partial charge in [0.1, 0.15) is 0 Å². The van der Waals surface area contributed by atoms with Gasteiger partial charge in [0.05, 0.1) is 0 Å². The van der Waals surface area contributed by atoms with E-state index in [2.05, 4.69) is 12.2 Å². The van der Waals surface area contributed by atoms with Crippen molar-refractivity contribution >= 4 is 0 Å². The van der Waals surface area contributed by atoms with Crippen LogP contribution in [0.25, 0.3) is 0 Å². The van der Waals surface area contributed by atoms with Crippen LogP contribution in [-0.2, 0) is 0 Å². The first-order chi connectivity index (χ1) is 4.85. The SMILES string of the molecule is CCC1CCNC2(CC2)C1. The summed E-state index contributed by atoms with van der Waals surface area (Å²) in [5, 5.41) is 3.63. The van der Waals surface area contributed by atoms with E-state index in [1.165, 1.54) is 38.6 Å². The molecule has 1 nitrogen and oxygen atoms in total. The van der Waals surface area contributed by atoms with Gasteiger partial charge in [-0.25, -0.2) is 0 Å². The normalized spacial score (nSPS) is 36.3. The summed E-state index contributed by atoms with van der Waals surface area (Å²) in [6, 6.07) is 0. The van der Waals surface area contributed by atoms with Gasteiger partial charge in [-0.2, -0.15) is 0 Å². The van der Waals surface area contributed by atoms with Gasteiger partial charge in [0.2, 0.25) is 0 Å². The molecule has 10 heavy (non-hydrogen) atoms. The predicted molar refractivity (Wildman–Crippen MR) is 43.0 cm³/mol. The Bertz CT molecular complexity index is 127. The summed E-state index contributed by atoms with van der Waals surface area (Å²) < 4.78 is 0. The zero-order chi connectivity index (χ0) is 7.03. The predicted octanol–water partition coefficient (Wildman–Crippen LogP) is 1.93. The topological polar surface area (TPSA) is 12.0 Å². The molecule has 1 atom stereocenters. The van der Waals surface area contributed by atoms with E-state index in [1.807, 2.05) is 0 Å². The maximum Gasteiger partial charge on any atom is 0.0185 e. The van der Waals surface area contributed by atoms with Gasteiger partial charge in [0, 0.05) is 5.54 Å². The molecule has 0 aromatic heterocycles. The van der Waals surface area contributed by atoms with Gasteiger partial charge in [-0.3, -0.25) is 0 Å². The standard InChI is InChI=1S/C9H17N/c1-2-8-3-6-10-9(7-8)4-5-9/h8,10H,2-7H2,1H3. The van der Waals surface area contributed by atoms with E-state index >= 15 is 0 Å². The molecule has 1 spiro atoms. The number of hydrogen-bond acceptors (Lipinski definition) is 1. The quantitative estimate of drug-likeness (QED) is 0.585. The highest BCUT2D eigenvalue weighted by molar-refractivity contribution is 5.04. The minimum atomic E-state index is 0.652. The summed E-state index contributed by atoms with van der Waals surface area (Å²) in [6.07, 6.45) is 7.16. The fourth-order valence-electron chi connectivity index (χ4n) is 2.15. The molecule has 2 aliphatic rings. The Morgan fingerprint density at radius 3 is 2.90 bits per heavy atom. The molecule has 58 valence electrons. The van der Waals surface area contributed by atoms with Gasteiger partial charge in [0.25, 0.3) is 0 Å². The van der Waals surface area contributed by atoms with Crippen LogP contribution in [0, 0.1) is 5.92 Å². The van der Waals surface area contributed by atoms with E-state index in [-0.39, 0.29) is 0 Å². The molecule has 0 bridgehead atoms. The van der Waals surface area contributed by atoms with Crippen LogP contribution in [0.4, 0.5) is 0 Å². The van der Waals surface area contributed by atoms with Crippen molar-refractivity contribution in [3.63, 3.8) is 0 Å². The molecule has 1 unspecified atom stereocenters. The van der Waals surface area contributed by atoms with Crippen LogP contribution < -0.4 is 5.32 Å². The fraction of sp³-hybridized carbons (Fsp3) is 1.00. The Morgan fingerprint density at radius 2 is 2.30 bits per heavy atom.